The molecule has 0 saturated heterocycles. The fraction of sp³-hybridized carbons (Fsp3) is 0. The first kappa shape index (κ1) is 20.5. The molecule has 4 rings (SSSR count). The molecule has 0 spiro atoms. The van der Waals surface area contributed by atoms with E-state index in [0.29, 0.717) is 22.6 Å². The number of nitrogens with two attached hydrogens (primary N) is 1. The Morgan fingerprint density at radius 1 is 0.906 bits per heavy atom. The van der Waals surface area contributed by atoms with Crippen LogP contribution in [0.2, 0.25) is 0 Å². The molecule has 0 aliphatic heterocycles. The van der Waals surface area contributed by atoms with Crippen molar-refractivity contribution in [1.29, 1.82) is 0 Å². The summed E-state index contributed by atoms with van der Waals surface area (Å²) >= 11 is 0. The maximum absolute atomic E-state index is 11.2. The summed E-state index contributed by atoms with van der Waals surface area (Å²) in [6.07, 6.45) is 0. The summed E-state index contributed by atoms with van der Waals surface area (Å²) in [5.41, 5.74) is 9.07. The lowest BCUT2D eigenvalue weighted by atomic mass is 10.1. The van der Waals surface area contributed by atoms with Gasteiger partial charge >= 0.3 is 0 Å². The van der Waals surface area contributed by atoms with E-state index in [2.05, 4.69) is 20.3 Å². The molecule has 4 N–H and O–H groups in total. The minimum Gasteiger partial charge on any atom is -0.508 e. The van der Waals surface area contributed by atoms with Crippen LogP contribution < -0.4 is 11.1 Å². The van der Waals surface area contributed by atoms with Gasteiger partial charge in [-0.1, -0.05) is 42.5 Å². The number of nitrogens with zero attached hydrogens (tertiary/aromatic N) is 4. The first-order valence-electron chi connectivity index (χ1n) is 9.57. The van der Waals surface area contributed by atoms with Gasteiger partial charge in [-0.3, -0.25) is 10.1 Å². The van der Waals surface area contributed by atoms with Crippen LogP contribution in [0.15, 0.2) is 89.9 Å². The van der Waals surface area contributed by atoms with E-state index in [9.17, 15) is 15.2 Å². The van der Waals surface area contributed by atoms with Gasteiger partial charge in [0.15, 0.2) is 0 Å². The van der Waals surface area contributed by atoms with Crippen molar-refractivity contribution in [3.8, 4) is 28.3 Å². The van der Waals surface area contributed by atoms with Crippen LogP contribution in [0, 0.1) is 10.1 Å². The normalized spacial score (nSPS) is 11.2. The van der Waals surface area contributed by atoms with Crippen molar-refractivity contribution in [3.05, 3.63) is 95.0 Å². The van der Waals surface area contributed by atoms with Crippen molar-refractivity contribution < 1.29 is 10.0 Å². The van der Waals surface area contributed by atoms with Crippen LogP contribution in [0.4, 0.5) is 17.3 Å². The molecule has 0 bridgehead atoms. The van der Waals surface area contributed by atoms with E-state index >= 15 is 0 Å². The zero-order valence-corrected chi connectivity index (χ0v) is 16.7. The van der Waals surface area contributed by atoms with Crippen molar-refractivity contribution in [1.82, 2.24) is 9.97 Å². The Balaban J connectivity index is 1.76. The number of phenolic OH excluding ortho intramolecular Hbond substituents is 1. The number of nitro groups is 1. The van der Waals surface area contributed by atoms with Gasteiger partial charge in [0.2, 0.25) is 5.96 Å². The van der Waals surface area contributed by atoms with E-state index in [1.54, 1.807) is 30.3 Å². The number of guanidine groups is 1. The number of benzene rings is 3. The lowest BCUT2D eigenvalue weighted by molar-refractivity contribution is -0.384. The zero-order chi connectivity index (χ0) is 22.5. The van der Waals surface area contributed by atoms with Crippen molar-refractivity contribution in [2.45, 2.75) is 0 Å². The smallest absolute Gasteiger partial charge is 0.270 e. The largest absolute Gasteiger partial charge is 0.508 e. The highest BCUT2D eigenvalue weighted by molar-refractivity contribution is 5.93. The van der Waals surface area contributed by atoms with Crippen molar-refractivity contribution >= 4 is 23.3 Å². The number of aromatic nitrogens is 2. The number of aliphatic imine (C=N–C) groups is 1. The van der Waals surface area contributed by atoms with Crippen LogP contribution >= 0.6 is 0 Å². The Morgan fingerprint density at radius 3 is 2.25 bits per heavy atom. The van der Waals surface area contributed by atoms with E-state index in [-0.39, 0.29) is 23.3 Å². The van der Waals surface area contributed by atoms with Crippen LogP contribution in [0.25, 0.3) is 22.5 Å². The van der Waals surface area contributed by atoms with Crippen molar-refractivity contribution in [2.75, 3.05) is 5.32 Å². The number of aromatic hydroxyl groups is 1. The molecule has 0 saturated carbocycles. The number of hydrogen-bond acceptors (Lipinski definition) is 6. The van der Waals surface area contributed by atoms with Crippen LogP contribution in [0.1, 0.15) is 0 Å². The van der Waals surface area contributed by atoms with Gasteiger partial charge in [-0.2, -0.15) is 4.99 Å². The molecule has 4 aromatic rings. The summed E-state index contributed by atoms with van der Waals surface area (Å²) in [6.45, 7) is 0. The van der Waals surface area contributed by atoms with Crippen LogP contribution in [-0.4, -0.2) is 26.0 Å². The lowest BCUT2D eigenvalue weighted by Gasteiger charge is -2.08. The van der Waals surface area contributed by atoms with Gasteiger partial charge in [-0.25, -0.2) is 9.97 Å². The number of non-ortho nitro benzene ring substituents is 1. The molecular weight excluding hydrogens is 408 g/mol. The number of rotatable bonds is 5. The van der Waals surface area contributed by atoms with Gasteiger partial charge in [0, 0.05) is 28.9 Å². The second-order valence-corrected chi connectivity index (χ2v) is 6.78. The Hall–Kier alpha value is -4.79. The van der Waals surface area contributed by atoms with E-state index in [4.69, 9.17) is 5.73 Å². The first-order chi connectivity index (χ1) is 15.5. The maximum atomic E-state index is 11.2. The fourth-order valence-electron chi connectivity index (χ4n) is 3.00. The molecule has 0 unspecified atom stereocenters. The minimum absolute atomic E-state index is 0.0408. The van der Waals surface area contributed by atoms with Crippen LogP contribution in [-0.2, 0) is 0 Å². The predicted octanol–water partition coefficient (Wildman–Crippen LogP) is 4.48. The molecule has 0 aliphatic rings. The Bertz CT molecular complexity index is 1290. The van der Waals surface area contributed by atoms with Gasteiger partial charge in [0.25, 0.3) is 11.6 Å². The highest BCUT2D eigenvalue weighted by atomic mass is 16.6. The lowest BCUT2D eigenvalue weighted by Crippen LogP contribution is -2.22. The van der Waals surface area contributed by atoms with Gasteiger partial charge < -0.3 is 16.2 Å². The molecule has 0 atom stereocenters. The number of nitrogens with one attached hydrogen (secondary N) is 1. The molecule has 0 radical (unpaired) electrons. The average molecular weight is 426 g/mol. The molecule has 158 valence electrons. The van der Waals surface area contributed by atoms with Crippen LogP contribution in [0.3, 0.4) is 0 Å². The molecule has 0 fully saturated rings. The van der Waals surface area contributed by atoms with Gasteiger partial charge in [0.1, 0.15) is 5.75 Å². The van der Waals surface area contributed by atoms with E-state index in [0.717, 1.165) is 5.56 Å². The summed E-state index contributed by atoms with van der Waals surface area (Å²) in [7, 11) is 0. The second-order valence-electron chi connectivity index (χ2n) is 6.78. The summed E-state index contributed by atoms with van der Waals surface area (Å²) in [4.78, 5) is 23.9. The highest BCUT2D eigenvalue weighted by Crippen LogP contribution is 2.28. The molecule has 1 heterocycles. The topological polar surface area (TPSA) is 140 Å². The number of nitro benzene ring substituents is 1. The zero-order valence-electron chi connectivity index (χ0n) is 16.7. The monoisotopic (exact) mass is 426 g/mol. The number of anilines is 1. The van der Waals surface area contributed by atoms with Gasteiger partial charge in [-0.15, -0.1) is 0 Å². The average Bonchev–Trinajstić information content (AvgIpc) is 2.81. The van der Waals surface area contributed by atoms with Crippen LogP contribution in [0.5, 0.6) is 5.75 Å². The molecule has 9 heteroatoms. The molecule has 1 aromatic heterocycles. The maximum Gasteiger partial charge on any atom is 0.270 e. The fourth-order valence-corrected chi connectivity index (χ4v) is 3.00. The Morgan fingerprint density at radius 2 is 1.56 bits per heavy atom. The van der Waals surface area contributed by atoms with Crippen molar-refractivity contribution in [3.63, 3.8) is 0 Å². The third-order valence-corrected chi connectivity index (χ3v) is 4.50. The highest BCUT2D eigenvalue weighted by Gasteiger charge is 2.12. The molecule has 9 nitrogen and oxygen atoms in total. The third-order valence-electron chi connectivity index (χ3n) is 4.50. The summed E-state index contributed by atoms with van der Waals surface area (Å²) < 4.78 is 0. The minimum atomic E-state index is -0.457. The van der Waals surface area contributed by atoms with Gasteiger partial charge in [0.05, 0.1) is 16.3 Å². The van der Waals surface area contributed by atoms with E-state index < -0.39 is 4.92 Å². The number of hydrogen-bond donors (Lipinski definition) is 3. The van der Waals surface area contributed by atoms with E-state index in [1.807, 2.05) is 30.3 Å². The molecule has 32 heavy (non-hydrogen) atoms. The molecule has 3 aromatic carbocycles. The Labute approximate surface area is 183 Å². The first-order valence-corrected chi connectivity index (χ1v) is 9.57. The van der Waals surface area contributed by atoms with Crippen molar-refractivity contribution in [2.24, 2.45) is 10.7 Å². The third kappa shape index (κ3) is 4.85. The van der Waals surface area contributed by atoms with E-state index in [1.165, 1.54) is 24.3 Å². The standard InChI is InChI=1S/C23H18N6O3/c24-22(25-17-9-11-19(30)12-10-17)28-23-26-20(15-5-2-1-3-6-15)14-21(27-23)16-7-4-8-18(13-16)29(31)32/h1-14,30H,(H3,24,25,26,27,28). The summed E-state index contributed by atoms with van der Waals surface area (Å²) in [5, 5.41) is 23.5. The molecular formula is C23H18N6O3. The van der Waals surface area contributed by atoms with Gasteiger partial charge in [-0.05, 0) is 30.3 Å². The second kappa shape index (κ2) is 8.92. The summed E-state index contributed by atoms with van der Waals surface area (Å²) in [5.74, 6) is 0.272. The number of phenols is 1. The predicted molar refractivity (Wildman–Crippen MR) is 123 cm³/mol. The molecule has 0 amide bonds. The molecule has 0 aliphatic carbocycles. The quantitative estimate of drug-likeness (QED) is 0.140. The summed E-state index contributed by atoms with van der Waals surface area (Å²) in [6, 6.07) is 23.7. The SMILES string of the molecule is NC(=Nc1nc(-c2ccccc2)cc(-c2cccc([N+](=O)[O-])c2)n1)Nc1ccc(O)cc1. The Kier molecular flexibility index (Phi) is 5.71.